The minimum atomic E-state index is -0.582. The van der Waals surface area contributed by atoms with E-state index < -0.39 is 11.9 Å². The number of ketones is 1. The number of dihydropyridines is 1. The predicted molar refractivity (Wildman–Crippen MR) is 114 cm³/mol. The summed E-state index contributed by atoms with van der Waals surface area (Å²) in [5.74, 6) is 0.0775. The molecule has 1 aromatic carbocycles. The second-order valence-corrected chi connectivity index (χ2v) is 8.97. The molecule has 0 amide bonds. The van der Waals surface area contributed by atoms with Gasteiger partial charge in [0.25, 0.3) is 0 Å². The Kier molecular flexibility index (Phi) is 5.97. The van der Waals surface area contributed by atoms with Crippen molar-refractivity contribution in [3.05, 3.63) is 46.3 Å². The first-order valence-electron chi connectivity index (χ1n) is 10.3. The smallest absolute Gasteiger partial charge is 0.337 e. The van der Waals surface area contributed by atoms with Crippen LogP contribution in [0.4, 0.5) is 0 Å². The number of para-hydroxylation sites is 1. The molecule has 6 heteroatoms. The van der Waals surface area contributed by atoms with Gasteiger partial charge >= 0.3 is 5.97 Å². The number of ether oxygens (including phenoxy) is 3. The number of rotatable bonds is 5. The Morgan fingerprint density at radius 3 is 2.47 bits per heavy atom. The fourth-order valence-corrected chi connectivity index (χ4v) is 4.43. The summed E-state index contributed by atoms with van der Waals surface area (Å²) < 4.78 is 16.7. The number of methoxy groups -OCH3 is 2. The van der Waals surface area contributed by atoms with Crippen LogP contribution in [0.5, 0.6) is 11.5 Å². The highest BCUT2D eigenvalue weighted by atomic mass is 16.5. The topological polar surface area (TPSA) is 73.9 Å². The summed E-state index contributed by atoms with van der Waals surface area (Å²) in [6, 6.07) is 5.52. The molecular weight excluding hydrogens is 382 g/mol. The molecule has 0 aromatic heterocycles. The number of Topliss-reactive ketones (excluding diaryl/α,β-unsaturated/α-hetero) is 1. The van der Waals surface area contributed by atoms with Crippen molar-refractivity contribution >= 4 is 11.8 Å². The van der Waals surface area contributed by atoms with Crippen LogP contribution in [0, 0.1) is 5.41 Å². The molecule has 0 radical (unpaired) electrons. The van der Waals surface area contributed by atoms with Crippen LogP contribution in [0.1, 0.15) is 58.9 Å². The summed E-state index contributed by atoms with van der Waals surface area (Å²) in [6.45, 7) is 9.64. The number of allylic oxidation sites excluding steroid dienone is 3. The Balaban J connectivity index is 2.26. The highest BCUT2D eigenvalue weighted by Gasteiger charge is 2.44. The number of hydrogen-bond donors (Lipinski definition) is 1. The Morgan fingerprint density at radius 2 is 1.87 bits per heavy atom. The zero-order valence-corrected chi connectivity index (χ0v) is 18.8. The summed E-state index contributed by atoms with van der Waals surface area (Å²) in [6.07, 6.45) is 0.866. The maximum Gasteiger partial charge on any atom is 0.337 e. The average molecular weight is 414 g/mol. The number of hydrogen-bond acceptors (Lipinski definition) is 6. The van der Waals surface area contributed by atoms with E-state index in [1.165, 1.54) is 0 Å². The summed E-state index contributed by atoms with van der Waals surface area (Å²) in [4.78, 5) is 26.5. The standard InChI is InChI=1S/C24H31NO5/c1-13(2)30-23(27)19-14(3)25-16-11-24(4,5)12-17(26)21(16)20(19)15-9-8-10-18(28-6)22(15)29-7/h8-10,13,20,25H,11-12H2,1-7H3. The molecule has 3 rings (SSSR count). The van der Waals surface area contributed by atoms with E-state index in [1.54, 1.807) is 20.3 Å². The first-order valence-corrected chi connectivity index (χ1v) is 10.3. The summed E-state index contributed by atoms with van der Waals surface area (Å²) >= 11 is 0. The molecule has 0 saturated heterocycles. The molecule has 1 aromatic rings. The number of carbonyl (C=O) groups excluding carboxylic acids is 2. The molecule has 1 aliphatic heterocycles. The zero-order valence-electron chi connectivity index (χ0n) is 18.8. The fourth-order valence-electron chi connectivity index (χ4n) is 4.43. The van der Waals surface area contributed by atoms with Crippen molar-refractivity contribution in [3.8, 4) is 11.5 Å². The maximum absolute atomic E-state index is 13.3. The van der Waals surface area contributed by atoms with E-state index in [0.29, 0.717) is 40.3 Å². The maximum atomic E-state index is 13.3. The van der Waals surface area contributed by atoms with Crippen LogP contribution >= 0.6 is 0 Å². The van der Waals surface area contributed by atoms with Gasteiger partial charge in [0.15, 0.2) is 17.3 Å². The number of nitrogens with one attached hydrogen (secondary N) is 1. The third-order valence-corrected chi connectivity index (χ3v) is 5.55. The van der Waals surface area contributed by atoms with E-state index in [-0.39, 0.29) is 17.3 Å². The molecule has 1 heterocycles. The van der Waals surface area contributed by atoms with Crippen LogP contribution in [0.25, 0.3) is 0 Å². The molecule has 30 heavy (non-hydrogen) atoms. The van der Waals surface area contributed by atoms with Gasteiger partial charge in [-0.15, -0.1) is 0 Å². The van der Waals surface area contributed by atoms with Gasteiger partial charge in [0.2, 0.25) is 0 Å². The Bertz CT molecular complexity index is 939. The third-order valence-electron chi connectivity index (χ3n) is 5.55. The lowest BCUT2D eigenvalue weighted by molar-refractivity contribution is -0.143. The van der Waals surface area contributed by atoms with Gasteiger partial charge in [-0.1, -0.05) is 26.0 Å². The summed E-state index contributed by atoms with van der Waals surface area (Å²) in [5.41, 5.74) is 3.17. The minimum Gasteiger partial charge on any atom is -0.493 e. The van der Waals surface area contributed by atoms with E-state index in [9.17, 15) is 9.59 Å². The Hall–Kier alpha value is -2.76. The first-order chi connectivity index (χ1) is 14.1. The van der Waals surface area contributed by atoms with Crippen molar-refractivity contribution in [2.45, 2.75) is 59.5 Å². The number of carbonyl (C=O) groups is 2. The van der Waals surface area contributed by atoms with Crippen LogP contribution in [-0.2, 0) is 14.3 Å². The SMILES string of the molecule is COc1cccc(C2C(C(=O)OC(C)C)=C(C)NC3=C2C(=O)CC(C)(C)C3)c1OC. The second kappa shape index (κ2) is 8.17. The molecule has 0 fully saturated rings. The van der Waals surface area contributed by atoms with Crippen molar-refractivity contribution in [2.24, 2.45) is 5.41 Å². The van der Waals surface area contributed by atoms with Gasteiger partial charge in [0.05, 0.1) is 31.8 Å². The monoisotopic (exact) mass is 413 g/mol. The van der Waals surface area contributed by atoms with Gasteiger partial charge in [-0.25, -0.2) is 4.79 Å². The van der Waals surface area contributed by atoms with Crippen LogP contribution in [0.15, 0.2) is 40.7 Å². The van der Waals surface area contributed by atoms with Gasteiger partial charge < -0.3 is 19.5 Å². The molecule has 2 aliphatic rings. The van der Waals surface area contributed by atoms with Gasteiger partial charge in [0, 0.05) is 29.0 Å². The van der Waals surface area contributed by atoms with Crippen molar-refractivity contribution in [1.29, 1.82) is 0 Å². The largest absolute Gasteiger partial charge is 0.493 e. The highest BCUT2D eigenvalue weighted by molar-refractivity contribution is 6.04. The summed E-state index contributed by atoms with van der Waals surface area (Å²) in [7, 11) is 3.13. The molecule has 0 saturated carbocycles. The van der Waals surface area contributed by atoms with E-state index >= 15 is 0 Å². The highest BCUT2D eigenvalue weighted by Crippen LogP contribution is 2.50. The lowest BCUT2D eigenvalue weighted by atomic mass is 9.68. The van der Waals surface area contributed by atoms with Gasteiger partial charge in [-0.2, -0.15) is 0 Å². The third kappa shape index (κ3) is 3.95. The van der Waals surface area contributed by atoms with Crippen LogP contribution < -0.4 is 14.8 Å². The summed E-state index contributed by atoms with van der Waals surface area (Å²) in [5, 5.41) is 3.34. The van der Waals surface area contributed by atoms with Crippen molar-refractivity contribution in [1.82, 2.24) is 5.32 Å². The van der Waals surface area contributed by atoms with Gasteiger partial charge in [-0.3, -0.25) is 4.79 Å². The van der Waals surface area contributed by atoms with Crippen LogP contribution in [0.2, 0.25) is 0 Å². The molecule has 162 valence electrons. The quantitative estimate of drug-likeness (QED) is 0.727. The number of benzene rings is 1. The fraction of sp³-hybridized carbons (Fsp3) is 0.500. The predicted octanol–water partition coefficient (Wildman–Crippen LogP) is 4.26. The van der Waals surface area contributed by atoms with Gasteiger partial charge in [0.1, 0.15) is 0 Å². The first kappa shape index (κ1) is 21.9. The van der Waals surface area contributed by atoms with Crippen LogP contribution in [-0.4, -0.2) is 32.1 Å². The van der Waals surface area contributed by atoms with Crippen molar-refractivity contribution < 1.29 is 23.8 Å². The van der Waals surface area contributed by atoms with E-state index in [4.69, 9.17) is 14.2 Å². The lowest BCUT2D eigenvalue weighted by Gasteiger charge is -2.39. The van der Waals surface area contributed by atoms with Crippen LogP contribution in [0.3, 0.4) is 0 Å². The van der Waals surface area contributed by atoms with Gasteiger partial charge in [-0.05, 0) is 38.7 Å². The molecule has 1 N–H and O–H groups in total. The van der Waals surface area contributed by atoms with Crippen molar-refractivity contribution in [2.75, 3.05) is 14.2 Å². The van der Waals surface area contributed by atoms with E-state index in [1.807, 2.05) is 32.9 Å². The molecular formula is C24H31NO5. The van der Waals surface area contributed by atoms with E-state index in [2.05, 4.69) is 19.2 Å². The Labute approximate surface area is 178 Å². The molecule has 6 nitrogen and oxygen atoms in total. The minimum absolute atomic E-state index is 0.0333. The zero-order chi connectivity index (χ0) is 22.2. The molecule has 1 aliphatic carbocycles. The second-order valence-electron chi connectivity index (χ2n) is 8.97. The molecule has 1 atom stereocenters. The lowest BCUT2D eigenvalue weighted by Crippen LogP contribution is -2.39. The average Bonchev–Trinajstić information content (AvgIpc) is 2.64. The van der Waals surface area contributed by atoms with E-state index in [0.717, 1.165) is 12.1 Å². The van der Waals surface area contributed by atoms with Crippen molar-refractivity contribution in [3.63, 3.8) is 0 Å². The number of esters is 1. The Morgan fingerprint density at radius 1 is 1.17 bits per heavy atom. The molecule has 0 spiro atoms. The normalized spacial score (nSPS) is 20.7. The molecule has 0 bridgehead atoms. The molecule has 1 unspecified atom stereocenters.